The van der Waals surface area contributed by atoms with E-state index in [4.69, 9.17) is 25.5 Å². The van der Waals surface area contributed by atoms with Gasteiger partial charge in [0.1, 0.15) is 11.3 Å². The van der Waals surface area contributed by atoms with Crippen LogP contribution in [0.15, 0.2) is 66.7 Å². The van der Waals surface area contributed by atoms with Crippen LogP contribution in [0.4, 0.5) is 5.69 Å². The summed E-state index contributed by atoms with van der Waals surface area (Å²) < 4.78 is 17.6. The number of methoxy groups -OCH3 is 2. The topological polar surface area (TPSA) is 89.2 Å². The molecule has 1 atom stereocenters. The van der Waals surface area contributed by atoms with Crippen LogP contribution >= 0.6 is 43.5 Å². The molecule has 1 unspecified atom stereocenters. The van der Waals surface area contributed by atoms with E-state index >= 15 is 0 Å². The van der Waals surface area contributed by atoms with Crippen molar-refractivity contribution >= 4 is 66.0 Å². The van der Waals surface area contributed by atoms with Gasteiger partial charge in [0, 0.05) is 10.2 Å². The zero-order valence-electron chi connectivity index (χ0n) is 18.3. The maximum absolute atomic E-state index is 13.8. The molecule has 2 heterocycles. The van der Waals surface area contributed by atoms with Crippen molar-refractivity contribution in [3.63, 3.8) is 0 Å². The zero-order valence-corrected chi connectivity index (χ0v) is 22.2. The molecule has 0 spiro atoms. The van der Waals surface area contributed by atoms with Gasteiger partial charge in [0.15, 0.2) is 16.9 Å². The van der Waals surface area contributed by atoms with Gasteiger partial charge < -0.3 is 19.0 Å². The molecule has 0 saturated heterocycles. The lowest BCUT2D eigenvalue weighted by molar-refractivity contribution is 0.0971. The molecule has 1 aliphatic heterocycles. The van der Waals surface area contributed by atoms with E-state index < -0.39 is 11.9 Å². The Balaban J connectivity index is 1.83. The van der Waals surface area contributed by atoms with Crippen LogP contribution in [0, 0.1) is 0 Å². The van der Waals surface area contributed by atoms with Crippen LogP contribution in [-0.2, 0) is 0 Å². The van der Waals surface area contributed by atoms with Crippen LogP contribution in [0.1, 0.15) is 27.7 Å². The average Bonchev–Trinajstić information content (AvgIpc) is 3.13. The molecule has 3 aromatic carbocycles. The number of phenolic OH excluding ortho intramolecular Hbond substituents is 1. The van der Waals surface area contributed by atoms with Crippen LogP contribution in [0.25, 0.3) is 11.0 Å². The Bertz CT molecular complexity index is 1590. The van der Waals surface area contributed by atoms with Crippen LogP contribution in [0.3, 0.4) is 0 Å². The summed E-state index contributed by atoms with van der Waals surface area (Å²) >= 11 is 13.1. The minimum atomic E-state index is -0.882. The first-order chi connectivity index (χ1) is 16.7. The van der Waals surface area contributed by atoms with Gasteiger partial charge in [-0.1, -0.05) is 27.5 Å². The van der Waals surface area contributed by atoms with Crippen molar-refractivity contribution in [2.24, 2.45) is 0 Å². The smallest absolute Gasteiger partial charge is 0.295 e. The van der Waals surface area contributed by atoms with Gasteiger partial charge >= 0.3 is 0 Å². The van der Waals surface area contributed by atoms with Gasteiger partial charge in [-0.05, 0) is 70.0 Å². The van der Waals surface area contributed by atoms with Crippen LogP contribution in [0.2, 0.25) is 5.02 Å². The second-order valence-corrected chi connectivity index (χ2v) is 9.94. The van der Waals surface area contributed by atoms with Crippen LogP contribution in [-0.4, -0.2) is 25.2 Å². The van der Waals surface area contributed by atoms with E-state index in [1.165, 1.54) is 19.1 Å². The third-order valence-corrected chi connectivity index (χ3v) is 7.23. The molecule has 0 aliphatic carbocycles. The fourth-order valence-corrected chi connectivity index (χ4v) is 5.31. The Morgan fingerprint density at radius 3 is 2.43 bits per heavy atom. The van der Waals surface area contributed by atoms with Gasteiger partial charge in [0.25, 0.3) is 5.91 Å². The van der Waals surface area contributed by atoms with E-state index in [1.807, 2.05) is 0 Å². The molecule has 5 rings (SSSR count). The molecule has 1 N–H and O–H groups in total. The minimum Gasteiger partial charge on any atom is -0.503 e. The quantitative estimate of drug-likeness (QED) is 0.282. The fourth-order valence-electron chi connectivity index (χ4n) is 4.24. The van der Waals surface area contributed by atoms with Gasteiger partial charge in [0.05, 0.1) is 40.7 Å². The summed E-state index contributed by atoms with van der Waals surface area (Å²) in [6.45, 7) is 0. The van der Waals surface area contributed by atoms with E-state index in [9.17, 15) is 14.7 Å². The monoisotopic (exact) mass is 619 g/mol. The lowest BCUT2D eigenvalue weighted by atomic mass is 9.97. The standard InChI is InChI=1S/C25H16Br2ClNO6/c1-33-18-6-4-13(10-16(18)28)29-21(11-7-15(27)23(31)19(8-11)34-2)20-22(30)14-9-12(26)3-5-17(14)35-24(20)25(29)32/h3-10,21,31H,1-2H3. The number of carbonyl (C=O) groups is 1. The van der Waals surface area contributed by atoms with Crippen molar-refractivity contribution in [3.05, 3.63) is 89.6 Å². The molecule has 4 aromatic rings. The summed E-state index contributed by atoms with van der Waals surface area (Å²) in [6, 6.07) is 12.3. The number of rotatable bonds is 4. The number of anilines is 1. The van der Waals surface area contributed by atoms with E-state index in [1.54, 1.807) is 48.5 Å². The molecule has 1 amide bonds. The number of nitrogens with zero attached hydrogens (tertiary/aromatic N) is 1. The third-order valence-electron chi connectivity index (χ3n) is 5.83. The number of aromatic hydroxyl groups is 1. The number of amides is 1. The number of benzene rings is 3. The normalized spacial score (nSPS) is 14.9. The van der Waals surface area contributed by atoms with Crippen molar-refractivity contribution in [1.82, 2.24) is 0 Å². The van der Waals surface area contributed by atoms with Gasteiger partial charge in [-0.15, -0.1) is 0 Å². The highest BCUT2D eigenvalue weighted by Crippen LogP contribution is 2.46. The first kappa shape index (κ1) is 23.7. The van der Waals surface area contributed by atoms with Gasteiger partial charge in [-0.25, -0.2) is 0 Å². The Morgan fingerprint density at radius 2 is 1.74 bits per heavy atom. The number of ether oxygens (including phenoxy) is 2. The minimum absolute atomic E-state index is 0.0649. The van der Waals surface area contributed by atoms with Gasteiger partial charge in [0.2, 0.25) is 5.76 Å². The number of phenols is 1. The summed E-state index contributed by atoms with van der Waals surface area (Å²) in [4.78, 5) is 28.9. The predicted molar refractivity (Wildman–Crippen MR) is 139 cm³/mol. The maximum atomic E-state index is 13.8. The lowest BCUT2D eigenvalue weighted by Gasteiger charge is -2.26. The molecule has 35 heavy (non-hydrogen) atoms. The molecule has 7 nitrogen and oxygen atoms in total. The van der Waals surface area contributed by atoms with E-state index in [0.29, 0.717) is 41.9 Å². The first-order valence-electron chi connectivity index (χ1n) is 10.2. The van der Waals surface area contributed by atoms with E-state index in [0.717, 1.165) is 0 Å². The Labute approximate surface area is 221 Å². The average molecular weight is 622 g/mol. The molecule has 10 heteroatoms. The number of halogens is 3. The lowest BCUT2D eigenvalue weighted by Crippen LogP contribution is -2.29. The molecular formula is C25H16Br2ClNO6. The predicted octanol–water partition coefficient (Wildman–Crippen LogP) is 6.44. The molecule has 0 saturated carbocycles. The van der Waals surface area contributed by atoms with Crippen molar-refractivity contribution in [2.75, 3.05) is 19.1 Å². The van der Waals surface area contributed by atoms with Crippen LogP contribution < -0.4 is 19.8 Å². The Morgan fingerprint density at radius 1 is 1.00 bits per heavy atom. The summed E-state index contributed by atoms with van der Waals surface area (Å²) in [5.74, 6) is -0.0542. The zero-order chi connectivity index (χ0) is 25.0. The van der Waals surface area contributed by atoms with Crippen molar-refractivity contribution in [2.45, 2.75) is 6.04 Å². The fraction of sp³-hybridized carbons (Fsp3) is 0.120. The molecule has 178 valence electrons. The summed E-state index contributed by atoms with van der Waals surface area (Å²) in [5, 5.41) is 11.0. The van der Waals surface area contributed by atoms with Gasteiger partial charge in [-0.3, -0.25) is 14.5 Å². The Hall–Kier alpha value is -3.01. The largest absolute Gasteiger partial charge is 0.503 e. The molecule has 1 aromatic heterocycles. The maximum Gasteiger partial charge on any atom is 0.295 e. The number of fused-ring (bicyclic) bond motifs is 2. The molecule has 0 fully saturated rings. The second-order valence-electron chi connectivity index (χ2n) is 7.76. The summed E-state index contributed by atoms with van der Waals surface area (Å²) in [7, 11) is 2.91. The SMILES string of the molecule is COc1ccc(N2C(=O)c3oc4ccc(Br)cc4c(=O)c3C2c2cc(Br)c(O)c(OC)c2)cc1Cl. The second kappa shape index (κ2) is 8.89. The van der Waals surface area contributed by atoms with Crippen molar-refractivity contribution in [1.29, 1.82) is 0 Å². The third kappa shape index (κ3) is 3.78. The molecule has 0 bridgehead atoms. The molecule has 1 aliphatic rings. The molecular weight excluding hydrogens is 606 g/mol. The number of hydrogen-bond acceptors (Lipinski definition) is 6. The highest BCUT2D eigenvalue weighted by Gasteiger charge is 2.44. The van der Waals surface area contributed by atoms with Crippen molar-refractivity contribution in [3.8, 4) is 17.2 Å². The summed E-state index contributed by atoms with van der Waals surface area (Å²) in [6.07, 6.45) is 0. The number of hydrogen-bond donors (Lipinski definition) is 1. The highest BCUT2D eigenvalue weighted by molar-refractivity contribution is 9.10. The van der Waals surface area contributed by atoms with E-state index in [2.05, 4.69) is 31.9 Å². The Kier molecular flexibility index (Phi) is 6.03. The molecule has 0 radical (unpaired) electrons. The summed E-state index contributed by atoms with van der Waals surface area (Å²) in [5.41, 5.74) is 1.08. The van der Waals surface area contributed by atoms with E-state index in [-0.39, 0.29) is 28.3 Å². The highest BCUT2D eigenvalue weighted by atomic mass is 79.9. The van der Waals surface area contributed by atoms with Crippen molar-refractivity contribution < 1.29 is 23.8 Å². The number of carbonyl (C=O) groups excluding carboxylic acids is 1. The van der Waals surface area contributed by atoms with Gasteiger partial charge in [-0.2, -0.15) is 0 Å². The first-order valence-corrected chi connectivity index (χ1v) is 12.2. The van der Waals surface area contributed by atoms with Crippen LogP contribution in [0.5, 0.6) is 17.2 Å².